The predicted octanol–water partition coefficient (Wildman–Crippen LogP) is 6.24. The lowest BCUT2D eigenvalue weighted by Crippen LogP contribution is -2.21. The summed E-state index contributed by atoms with van der Waals surface area (Å²) in [5.74, 6) is 0.418. The Morgan fingerprint density at radius 3 is 2.45 bits per heavy atom. The molecule has 0 atom stereocenters. The molecule has 4 rings (SSSR count). The number of rotatable bonds is 6. The molecule has 2 aromatic heterocycles. The Morgan fingerprint density at radius 1 is 1.06 bits per heavy atom. The second kappa shape index (κ2) is 8.91. The van der Waals surface area contributed by atoms with E-state index in [0.717, 1.165) is 22.1 Å². The van der Waals surface area contributed by atoms with Crippen molar-refractivity contribution in [2.75, 3.05) is 19.0 Å². The number of hydrogen-bond donors (Lipinski definition) is 0. The van der Waals surface area contributed by atoms with E-state index in [1.807, 2.05) is 34.5 Å². The molecule has 0 fully saturated rings. The molecule has 0 saturated carbocycles. The van der Waals surface area contributed by atoms with Crippen LogP contribution in [0.15, 0.2) is 70.5 Å². The average Bonchev–Trinajstić information content (AvgIpc) is 3.43. The number of amides is 1. The van der Waals surface area contributed by atoms with Crippen LogP contribution in [-0.4, -0.2) is 29.9 Å². The van der Waals surface area contributed by atoms with Crippen LogP contribution in [0.1, 0.15) is 16.3 Å². The van der Waals surface area contributed by atoms with Crippen molar-refractivity contribution in [2.24, 2.45) is 0 Å². The minimum Gasteiger partial charge on any atom is -0.454 e. The third-order valence-corrected chi connectivity index (χ3v) is 5.71. The first-order valence-corrected chi connectivity index (χ1v) is 10.7. The number of nitrogens with zero attached hydrogens (tertiary/aromatic N) is 3. The topological polar surface area (TPSA) is 49.6 Å². The Labute approximate surface area is 188 Å². The SMILES string of the molecule is CN(C)C(=O)c1ccc(CN(c2ccc(Cl)cc2)c2nc(-c3ccc(F)cc3)cs2)o1. The third-order valence-electron chi connectivity index (χ3n) is 4.59. The van der Waals surface area contributed by atoms with Crippen LogP contribution < -0.4 is 4.90 Å². The largest absolute Gasteiger partial charge is 0.454 e. The number of anilines is 2. The van der Waals surface area contributed by atoms with Gasteiger partial charge in [0.15, 0.2) is 10.9 Å². The number of benzene rings is 2. The lowest BCUT2D eigenvalue weighted by Gasteiger charge is -2.21. The zero-order valence-electron chi connectivity index (χ0n) is 16.9. The van der Waals surface area contributed by atoms with Crippen molar-refractivity contribution in [1.29, 1.82) is 0 Å². The molecule has 8 heteroatoms. The molecule has 0 spiro atoms. The maximum Gasteiger partial charge on any atom is 0.289 e. The van der Waals surface area contributed by atoms with Gasteiger partial charge >= 0.3 is 0 Å². The van der Waals surface area contributed by atoms with Gasteiger partial charge in [0.25, 0.3) is 5.91 Å². The molecule has 5 nitrogen and oxygen atoms in total. The van der Waals surface area contributed by atoms with Crippen LogP contribution in [0.4, 0.5) is 15.2 Å². The minimum absolute atomic E-state index is 0.197. The Bertz CT molecular complexity index is 1190. The fraction of sp³-hybridized carbons (Fsp3) is 0.130. The summed E-state index contributed by atoms with van der Waals surface area (Å²) < 4.78 is 19.1. The highest BCUT2D eigenvalue weighted by Crippen LogP contribution is 2.34. The second-order valence-electron chi connectivity index (χ2n) is 7.05. The Balaban J connectivity index is 1.66. The standard InChI is InChI=1S/C23H19ClFN3O2S/c1-27(2)22(29)21-12-11-19(30-21)13-28(18-9-5-16(24)6-10-18)23-26-20(14-31-23)15-3-7-17(25)8-4-15/h3-12,14H,13H2,1-2H3. The van der Waals surface area contributed by atoms with Crippen LogP contribution in [0.2, 0.25) is 5.02 Å². The summed E-state index contributed by atoms with van der Waals surface area (Å²) in [4.78, 5) is 20.4. The van der Waals surface area contributed by atoms with E-state index in [2.05, 4.69) is 0 Å². The number of hydrogen-bond acceptors (Lipinski definition) is 5. The number of carbonyl (C=O) groups is 1. The first-order valence-electron chi connectivity index (χ1n) is 9.45. The van der Waals surface area contributed by atoms with Crippen LogP contribution >= 0.6 is 22.9 Å². The van der Waals surface area contributed by atoms with Crippen molar-refractivity contribution in [3.8, 4) is 11.3 Å². The first kappa shape index (κ1) is 21.1. The molecule has 0 saturated heterocycles. The fourth-order valence-corrected chi connectivity index (χ4v) is 3.97. The molecule has 0 unspecified atom stereocenters. The van der Waals surface area contributed by atoms with Crippen LogP contribution in [0.3, 0.4) is 0 Å². The molecule has 2 heterocycles. The number of aromatic nitrogens is 1. The molecule has 0 aliphatic rings. The van der Waals surface area contributed by atoms with Gasteiger partial charge in [0.1, 0.15) is 11.6 Å². The zero-order valence-corrected chi connectivity index (χ0v) is 18.5. The van der Waals surface area contributed by atoms with Gasteiger partial charge in [-0.15, -0.1) is 11.3 Å². The van der Waals surface area contributed by atoms with Crippen molar-refractivity contribution in [3.63, 3.8) is 0 Å². The second-order valence-corrected chi connectivity index (χ2v) is 8.32. The Hall–Kier alpha value is -3.16. The lowest BCUT2D eigenvalue weighted by atomic mass is 10.2. The van der Waals surface area contributed by atoms with Crippen molar-refractivity contribution in [2.45, 2.75) is 6.54 Å². The number of halogens is 2. The van der Waals surface area contributed by atoms with E-state index in [-0.39, 0.29) is 17.5 Å². The normalized spacial score (nSPS) is 10.8. The molecule has 4 aromatic rings. The van der Waals surface area contributed by atoms with Crippen LogP contribution in [0, 0.1) is 5.82 Å². The molecule has 0 bridgehead atoms. The highest BCUT2D eigenvalue weighted by molar-refractivity contribution is 7.14. The molecular weight excluding hydrogens is 437 g/mol. The summed E-state index contributed by atoms with van der Waals surface area (Å²) in [5.41, 5.74) is 2.46. The summed E-state index contributed by atoms with van der Waals surface area (Å²) in [5, 5.41) is 3.29. The molecule has 158 valence electrons. The number of furan rings is 1. The summed E-state index contributed by atoms with van der Waals surface area (Å²) in [6.45, 7) is 0.374. The van der Waals surface area contributed by atoms with Gasteiger partial charge in [0, 0.05) is 35.7 Å². The minimum atomic E-state index is -0.289. The molecule has 0 N–H and O–H groups in total. The van der Waals surface area contributed by atoms with E-state index < -0.39 is 0 Å². The number of thiazole rings is 1. The van der Waals surface area contributed by atoms with Gasteiger partial charge in [-0.05, 0) is 60.7 Å². The predicted molar refractivity (Wildman–Crippen MR) is 122 cm³/mol. The van der Waals surface area contributed by atoms with Gasteiger partial charge in [0.05, 0.1) is 12.2 Å². The maximum atomic E-state index is 13.3. The summed E-state index contributed by atoms with van der Waals surface area (Å²) in [6.07, 6.45) is 0. The average molecular weight is 456 g/mol. The van der Waals surface area contributed by atoms with Crippen LogP contribution in [0.5, 0.6) is 0 Å². The van der Waals surface area contributed by atoms with E-state index in [9.17, 15) is 9.18 Å². The fourth-order valence-electron chi connectivity index (χ4n) is 2.99. The maximum absolute atomic E-state index is 13.3. The first-order chi connectivity index (χ1) is 14.9. The lowest BCUT2D eigenvalue weighted by molar-refractivity contribution is 0.0795. The van der Waals surface area contributed by atoms with E-state index in [1.54, 1.807) is 38.4 Å². The van der Waals surface area contributed by atoms with Gasteiger partial charge in [-0.25, -0.2) is 9.37 Å². The van der Waals surface area contributed by atoms with Gasteiger partial charge in [0.2, 0.25) is 0 Å². The number of carbonyl (C=O) groups excluding carboxylic acids is 1. The highest BCUT2D eigenvalue weighted by Gasteiger charge is 2.19. The summed E-state index contributed by atoms with van der Waals surface area (Å²) in [6, 6.07) is 17.1. The van der Waals surface area contributed by atoms with Gasteiger partial charge in [-0.2, -0.15) is 0 Å². The van der Waals surface area contributed by atoms with Crippen molar-refractivity contribution in [1.82, 2.24) is 9.88 Å². The molecular formula is C23H19ClFN3O2S. The van der Waals surface area contributed by atoms with Gasteiger partial charge in [-0.3, -0.25) is 4.79 Å². The molecule has 0 aliphatic heterocycles. The van der Waals surface area contributed by atoms with Gasteiger partial charge in [-0.1, -0.05) is 11.6 Å². The van der Waals surface area contributed by atoms with Crippen molar-refractivity contribution >= 4 is 39.7 Å². The third kappa shape index (κ3) is 4.78. The highest BCUT2D eigenvalue weighted by atomic mass is 35.5. The van der Waals surface area contributed by atoms with Crippen molar-refractivity contribution in [3.05, 3.63) is 88.4 Å². The molecule has 1 amide bonds. The van der Waals surface area contributed by atoms with E-state index in [4.69, 9.17) is 21.0 Å². The van der Waals surface area contributed by atoms with E-state index >= 15 is 0 Å². The molecule has 2 aromatic carbocycles. The van der Waals surface area contributed by atoms with Crippen LogP contribution in [-0.2, 0) is 6.54 Å². The van der Waals surface area contributed by atoms with E-state index in [0.29, 0.717) is 17.3 Å². The van der Waals surface area contributed by atoms with Gasteiger partial charge < -0.3 is 14.2 Å². The van der Waals surface area contributed by atoms with E-state index in [1.165, 1.54) is 28.4 Å². The Kier molecular flexibility index (Phi) is 6.06. The molecule has 0 radical (unpaired) electrons. The molecule has 31 heavy (non-hydrogen) atoms. The van der Waals surface area contributed by atoms with Crippen molar-refractivity contribution < 1.29 is 13.6 Å². The monoisotopic (exact) mass is 455 g/mol. The molecule has 0 aliphatic carbocycles. The quantitative estimate of drug-likeness (QED) is 0.345. The Morgan fingerprint density at radius 2 is 1.77 bits per heavy atom. The zero-order chi connectivity index (χ0) is 22.0. The smallest absolute Gasteiger partial charge is 0.289 e. The summed E-state index contributed by atoms with van der Waals surface area (Å²) >= 11 is 7.53. The van der Waals surface area contributed by atoms with Crippen LogP contribution in [0.25, 0.3) is 11.3 Å². The summed E-state index contributed by atoms with van der Waals surface area (Å²) in [7, 11) is 3.36.